The predicted octanol–water partition coefficient (Wildman–Crippen LogP) is 3.35. The first-order valence-electron chi connectivity index (χ1n) is 10.2. The molecule has 2 aromatic rings. The van der Waals surface area contributed by atoms with Crippen molar-refractivity contribution in [1.82, 2.24) is 4.90 Å². The molecular formula is C22H25ClN2O7S. The number of aromatic carboxylic acids is 1. The lowest BCUT2D eigenvalue weighted by molar-refractivity contribution is 0.0490. The largest absolute Gasteiger partial charge is 0.492 e. The molecule has 1 saturated heterocycles. The molecule has 1 aliphatic rings. The second kappa shape index (κ2) is 10.4. The quantitative estimate of drug-likeness (QED) is 0.574. The Morgan fingerprint density at radius 1 is 1.18 bits per heavy atom. The summed E-state index contributed by atoms with van der Waals surface area (Å²) in [6.45, 7) is 1.59. The Kier molecular flexibility index (Phi) is 7.83. The molecule has 0 spiro atoms. The summed E-state index contributed by atoms with van der Waals surface area (Å²) in [5.41, 5.74) is 0.0961. The van der Waals surface area contributed by atoms with Gasteiger partial charge >= 0.3 is 5.97 Å². The van der Waals surface area contributed by atoms with Gasteiger partial charge in [0.25, 0.3) is 15.9 Å². The van der Waals surface area contributed by atoms with Crippen LogP contribution in [0.15, 0.2) is 41.3 Å². The summed E-state index contributed by atoms with van der Waals surface area (Å²) in [5, 5.41) is 9.61. The number of hydrogen-bond acceptors (Lipinski definition) is 6. The van der Waals surface area contributed by atoms with Crippen LogP contribution in [0.3, 0.4) is 0 Å². The smallest absolute Gasteiger partial charge is 0.339 e. The minimum atomic E-state index is -4.16. The van der Waals surface area contributed by atoms with E-state index in [-0.39, 0.29) is 38.7 Å². The molecule has 0 bridgehead atoms. The van der Waals surface area contributed by atoms with Gasteiger partial charge in [0.1, 0.15) is 11.3 Å². The van der Waals surface area contributed by atoms with E-state index in [1.54, 1.807) is 14.1 Å². The van der Waals surface area contributed by atoms with E-state index in [2.05, 4.69) is 4.72 Å². The number of carboxylic acid groups (broad SMARTS) is 1. The average molecular weight is 497 g/mol. The zero-order valence-corrected chi connectivity index (χ0v) is 19.8. The number of rotatable bonds is 8. The number of ether oxygens (including phenoxy) is 2. The van der Waals surface area contributed by atoms with Crippen molar-refractivity contribution in [1.29, 1.82) is 0 Å². The Bertz CT molecular complexity index is 1150. The van der Waals surface area contributed by atoms with Crippen LogP contribution >= 0.6 is 11.6 Å². The van der Waals surface area contributed by atoms with E-state index in [4.69, 9.17) is 21.1 Å². The zero-order valence-electron chi connectivity index (χ0n) is 18.2. The van der Waals surface area contributed by atoms with Crippen molar-refractivity contribution >= 4 is 39.2 Å². The van der Waals surface area contributed by atoms with Crippen LogP contribution in [-0.2, 0) is 14.8 Å². The Morgan fingerprint density at radius 2 is 1.88 bits per heavy atom. The van der Waals surface area contributed by atoms with E-state index < -0.39 is 16.0 Å². The Labute approximate surface area is 197 Å². The number of nitrogens with one attached hydrogen (secondary N) is 1. The van der Waals surface area contributed by atoms with Crippen molar-refractivity contribution in [3.8, 4) is 5.75 Å². The van der Waals surface area contributed by atoms with E-state index in [1.165, 1.54) is 35.2 Å². The third kappa shape index (κ3) is 6.16. The summed E-state index contributed by atoms with van der Waals surface area (Å²) >= 11 is 6.17. The molecule has 0 aliphatic carbocycles. The second-order valence-electron chi connectivity index (χ2n) is 7.83. The maximum absolute atomic E-state index is 12.9. The van der Waals surface area contributed by atoms with Gasteiger partial charge in [0.05, 0.1) is 22.2 Å². The summed E-state index contributed by atoms with van der Waals surface area (Å²) < 4.78 is 39.1. The zero-order chi connectivity index (χ0) is 24.2. The number of carbonyl (C=O) groups is 2. The van der Waals surface area contributed by atoms with Crippen molar-refractivity contribution in [3.63, 3.8) is 0 Å². The van der Waals surface area contributed by atoms with Gasteiger partial charge < -0.3 is 19.5 Å². The maximum atomic E-state index is 12.9. The summed E-state index contributed by atoms with van der Waals surface area (Å²) in [7, 11) is -0.984. The molecule has 0 unspecified atom stereocenters. The van der Waals surface area contributed by atoms with Crippen molar-refractivity contribution in [2.75, 3.05) is 38.6 Å². The minimum absolute atomic E-state index is 0.0288. The lowest BCUT2D eigenvalue weighted by Gasteiger charge is -2.22. The van der Waals surface area contributed by atoms with E-state index in [0.29, 0.717) is 25.4 Å². The van der Waals surface area contributed by atoms with E-state index >= 15 is 0 Å². The molecule has 1 aliphatic heterocycles. The standard InChI is InChI=1S/C22H25ClN2O7S/c1-25(2)21(26)15-3-5-19(18(23)11-15)24-33(29,30)16-4-6-20(17(12-16)22(27)28)32-13-14-7-9-31-10-8-14/h3-6,11-12,14,24H,7-10,13H2,1-2H3,(H,27,28). The van der Waals surface area contributed by atoms with Crippen LogP contribution in [0.2, 0.25) is 5.02 Å². The Morgan fingerprint density at radius 3 is 2.48 bits per heavy atom. The molecule has 9 nitrogen and oxygen atoms in total. The van der Waals surface area contributed by atoms with Crippen LogP contribution in [0, 0.1) is 5.92 Å². The summed E-state index contributed by atoms with van der Waals surface area (Å²) in [6.07, 6.45) is 1.64. The van der Waals surface area contributed by atoms with Gasteiger partial charge in [-0.3, -0.25) is 9.52 Å². The van der Waals surface area contributed by atoms with Crippen molar-refractivity contribution in [3.05, 3.63) is 52.5 Å². The fourth-order valence-corrected chi connectivity index (χ4v) is 4.67. The van der Waals surface area contributed by atoms with Crippen molar-refractivity contribution in [2.45, 2.75) is 17.7 Å². The SMILES string of the molecule is CN(C)C(=O)c1ccc(NS(=O)(=O)c2ccc(OCC3CCOCC3)c(C(=O)O)c2)c(Cl)c1. The first kappa shape index (κ1) is 24.8. The number of benzene rings is 2. The number of halogens is 1. The highest BCUT2D eigenvalue weighted by molar-refractivity contribution is 7.92. The summed E-state index contributed by atoms with van der Waals surface area (Å²) in [6, 6.07) is 7.82. The van der Waals surface area contributed by atoms with Gasteiger partial charge in [-0.15, -0.1) is 0 Å². The number of anilines is 1. The highest BCUT2D eigenvalue weighted by Gasteiger charge is 2.22. The van der Waals surface area contributed by atoms with Crippen molar-refractivity contribution in [2.24, 2.45) is 5.92 Å². The summed E-state index contributed by atoms with van der Waals surface area (Å²) in [5.74, 6) is -1.25. The number of sulfonamides is 1. The van der Waals surface area contributed by atoms with Gasteiger partial charge in [0, 0.05) is 32.9 Å². The molecule has 2 N–H and O–H groups in total. The molecule has 1 amide bonds. The van der Waals surface area contributed by atoms with Crippen LogP contribution in [0.4, 0.5) is 5.69 Å². The molecule has 2 aromatic carbocycles. The number of amides is 1. The van der Waals surface area contributed by atoms with Crippen LogP contribution in [-0.4, -0.2) is 64.2 Å². The normalized spacial score (nSPS) is 14.5. The predicted molar refractivity (Wildman–Crippen MR) is 123 cm³/mol. The third-order valence-corrected chi connectivity index (χ3v) is 6.85. The molecule has 0 atom stereocenters. The van der Waals surface area contributed by atoms with Crippen LogP contribution in [0.1, 0.15) is 33.6 Å². The van der Waals surface area contributed by atoms with Gasteiger partial charge in [-0.05, 0) is 55.2 Å². The van der Waals surface area contributed by atoms with Crippen LogP contribution < -0.4 is 9.46 Å². The van der Waals surface area contributed by atoms with Gasteiger partial charge in [0.2, 0.25) is 0 Å². The monoisotopic (exact) mass is 496 g/mol. The fourth-order valence-electron chi connectivity index (χ4n) is 3.28. The van der Waals surface area contributed by atoms with E-state index in [0.717, 1.165) is 18.9 Å². The fraction of sp³-hybridized carbons (Fsp3) is 0.364. The average Bonchev–Trinajstić information content (AvgIpc) is 2.78. The minimum Gasteiger partial charge on any atom is -0.492 e. The maximum Gasteiger partial charge on any atom is 0.339 e. The van der Waals surface area contributed by atoms with Crippen LogP contribution in [0.5, 0.6) is 5.75 Å². The molecule has 0 saturated carbocycles. The molecular weight excluding hydrogens is 472 g/mol. The number of carboxylic acids is 1. The Hall–Kier alpha value is -2.82. The highest BCUT2D eigenvalue weighted by Crippen LogP contribution is 2.29. The topological polar surface area (TPSA) is 122 Å². The molecule has 1 fully saturated rings. The lowest BCUT2D eigenvalue weighted by Crippen LogP contribution is -2.22. The lowest BCUT2D eigenvalue weighted by atomic mass is 10.0. The number of hydrogen-bond donors (Lipinski definition) is 2. The van der Waals surface area contributed by atoms with Gasteiger partial charge in [-0.2, -0.15) is 0 Å². The van der Waals surface area contributed by atoms with Gasteiger partial charge in [-0.1, -0.05) is 11.6 Å². The second-order valence-corrected chi connectivity index (χ2v) is 9.92. The first-order chi connectivity index (χ1) is 15.6. The van der Waals surface area contributed by atoms with E-state index in [9.17, 15) is 23.1 Å². The van der Waals surface area contributed by atoms with E-state index in [1.807, 2.05) is 0 Å². The van der Waals surface area contributed by atoms with Crippen molar-refractivity contribution < 1.29 is 32.6 Å². The molecule has 0 radical (unpaired) electrons. The van der Waals surface area contributed by atoms with Gasteiger partial charge in [0.15, 0.2) is 0 Å². The molecule has 178 valence electrons. The third-order valence-electron chi connectivity index (χ3n) is 5.17. The molecule has 11 heteroatoms. The highest BCUT2D eigenvalue weighted by atomic mass is 35.5. The molecule has 0 aromatic heterocycles. The first-order valence-corrected chi connectivity index (χ1v) is 12.1. The van der Waals surface area contributed by atoms with Crippen LogP contribution in [0.25, 0.3) is 0 Å². The molecule has 1 heterocycles. The molecule has 3 rings (SSSR count). The van der Waals surface area contributed by atoms with Gasteiger partial charge in [-0.25, -0.2) is 13.2 Å². The Balaban J connectivity index is 1.80. The number of nitrogens with zero attached hydrogens (tertiary/aromatic N) is 1. The summed E-state index contributed by atoms with van der Waals surface area (Å²) in [4.78, 5) is 24.9. The molecule has 33 heavy (non-hydrogen) atoms. The number of carbonyl (C=O) groups excluding carboxylic acids is 1.